The Hall–Kier alpha value is -2.03. The predicted molar refractivity (Wildman–Crippen MR) is 137 cm³/mol. The van der Waals surface area contributed by atoms with Gasteiger partial charge in [0.15, 0.2) is 0 Å². The molecule has 1 spiro atoms. The number of anilines is 1. The van der Waals surface area contributed by atoms with Crippen LogP contribution in [0.3, 0.4) is 0 Å². The minimum Gasteiger partial charge on any atom is -0.466 e. The fourth-order valence-corrected chi connectivity index (χ4v) is 8.79. The van der Waals surface area contributed by atoms with Crippen LogP contribution in [-0.2, 0) is 19.1 Å². The van der Waals surface area contributed by atoms with Crippen molar-refractivity contribution in [3.8, 4) is 0 Å². The zero-order valence-corrected chi connectivity index (χ0v) is 21.9. The molecule has 9 heteroatoms. The second kappa shape index (κ2) is 10.1. The van der Waals surface area contributed by atoms with Crippen LogP contribution in [0.25, 0.3) is 0 Å². The number of ether oxygens (including phenoxy) is 1. The number of halogens is 1. The van der Waals surface area contributed by atoms with Gasteiger partial charge in [0.1, 0.15) is 6.04 Å². The molecule has 1 aromatic rings. The number of aliphatic hydroxyl groups is 1. The molecule has 0 saturated carbocycles. The van der Waals surface area contributed by atoms with Crippen LogP contribution in [0.4, 0.5) is 5.69 Å². The Labute approximate surface area is 215 Å². The molecule has 2 amide bonds. The second-order valence-electron chi connectivity index (χ2n) is 9.51. The highest BCUT2D eigenvalue weighted by molar-refractivity contribution is 8.02. The maximum Gasteiger partial charge on any atom is 0.310 e. The Balaban J connectivity index is 1.84. The number of hydrogen-bond acceptors (Lipinski definition) is 6. The average Bonchev–Trinajstić information content (AvgIpc) is 3.43. The number of nitrogens with zero attached hydrogens (tertiary/aromatic N) is 2. The van der Waals surface area contributed by atoms with E-state index in [1.807, 2.05) is 6.92 Å². The maximum absolute atomic E-state index is 14.4. The summed E-state index contributed by atoms with van der Waals surface area (Å²) in [6, 6.07) is 5.63. The van der Waals surface area contributed by atoms with Crippen LogP contribution in [0.15, 0.2) is 36.9 Å². The highest BCUT2D eigenvalue weighted by atomic mass is 35.5. The summed E-state index contributed by atoms with van der Waals surface area (Å²) in [4.78, 5) is 44.7. The van der Waals surface area contributed by atoms with Crippen molar-refractivity contribution in [1.82, 2.24) is 4.90 Å². The largest absolute Gasteiger partial charge is 0.466 e. The summed E-state index contributed by atoms with van der Waals surface area (Å²) in [6.07, 6.45) is 2.87. The highest BCUT2D eigenvalue weighted by Crippen LogP contribution is 2.69. The lowest BCUT2D eigenvalue weighted by molar-refractivity contribution is -0.154. The Morgan fingerprint density at radius 2 is 2.06 bits per heavy atom. The number of likely N-dealkylation sites (tertiary alicyclic amines) is 1. The van der Waals surface area contributed by atoms with Gasteiger partial charge in [0, 0.05) is 22.5 Å². The minimum absolute atomic E-state index is 0.0306. The lowest BCUT2D eigenvalue weighted by Gasteiger charge is -2.41. The van der Waals surface area contributed by atoms with E-state index < -0.39 is 28.7 Å². The van der Waals surface area contributed by atoms with Crippen molar-refractivity contribution >= 4 is 46.8 Å². The number of aliphatic hydroxyl groups excluding tert-OH is 1. The minimum atomic E-state index is -0.822. The Kier molecular flexibility index (Phi) is 7.55. The molecule has 3 unspecified atom stereocenters. The quantitative estimate of drug-likeness (QED) is 0.396. The molecule has 7 atom stereocenters. The van der Waals surface area contributed by atoms with Crippen LogP contribution in [0, 0.1) is 17.8 Å². The first-order chi connectivity index (χ1) is 16.8. The third-order valence-electron chi connectivity index (χ3n) is 7.77. The summed E-state index contributed by atoms with van der Waals surface area (Å²) >= 11 is 7.68. The summed E-state index contributed by atoms with van der Waals surface area (Å²) in [5.41, 5.74) is 0.649. The van der Waals surface area contributed by atoms with E-state index in [-0.39, 0.29) is 48.7 Å². The lowest BCUT2D eigenvalue weighted by atomic mass is 9.66. The second-order valence-corrected chi connectivity index (χ2v) is 11.5. The van der Waals surface area contributed by atoms with E-state index in [9.17, 15) is 19.5 Å². The van der Waals surface area contributed by atoms with Gasteiger partial charge in [-0.3, -0.25) is 14.4 Å². The number of thioether (sulfide) groups is 1. The summed E-state index contributed by atoms with van der Waals surface area (Å²) in [5, 5.41) is 10.7. The SMILES string of the molecule is C=CCN(C(=O)C1N([C@@H](CC)CO)C(=O)[C@@H]2[C@H](C(=O)OCC)[C@@H]3CC(C)C12S3)c1ccc(Cl)cc1. The van der Waals surface area contributed by atoms with Crippen molar-refractivity contribution < 1.29 is 24.2 Å². The molecule has 1 N–H and O–H groups in total. The molecule has 0 aliphatic carbocycles. The monoisotopic (exact) mass is 520 g/mol. The van der Waals surface area contributed by atoms with E-state index in [1.54, 1.807) is 58.8 Å². The number of carbonyl (C=O) groups is 3. The first-order valence-corrected chi connectivity index (χ1v) is 13.5. The van der Waals surface area contributed by atoms with E-state index in [1.165, 1.54) is 0 Å². The average molecular weight is 521 g/mol. The molecule has 2 bridgehead atoms. The van der Waals surface area contributed by atoms with Crippen molar-refractivity contribution in [2.24, 2.45) is 17.8 Å². The van der Waals surface area contributed by atoms with Crippen LogP contribution >= 0.6 is 23.4 Å². The number of esters is 1. The predicted octanol–water partition coefficient (Wildman–Crippen LogP) is 3.53. The van der Waals surface area contributed by atoms with Gasteiger partial charge in [0.2, 0.25) is 5.91 Å². The molecule has 0 aromatic heterocycles. The van der Waals surface area contributed by atoms with Crippen molar-refractivity contribution in [3.05, 3.63) is 41.9 Å². The number of fused-ring (bicyclic) bond motifs is 1. The van der Waals surface area contributed by atoms with Gasteiger partial charge in [-0.1, -0.05) is 31.5 Å². The summed E-state index contributed by atoms with van der Waals surface area (Å²) in [7, 11) is 0. The first-order valence-electron chi connectivity index (χ1n) is 12.2. The van der Waals surface area contributed by atoms with Gasteiger partial charge in [-0.05, 0) is 49.9 Å². The van der Waals surface area contributed by atoms with E-state index in [0.29, 0.717) is 17.1 Å². The summed E-state index contributed by atoms with van der Waals surface area (Å²) in [5.74, 6) is -2.07. The van der Waals surface area contributed by atoms with Gasteiger partial charge < -0.3 is 19.6 Å². The van der Waals surface area contributed by atoms with Crippen LogP contribution in [0.5, 0.6) is 0 Å². The maximum atomic E-state index is 14.4. The molecule has 0 radical (unpaired) electrons. The zero-order chi connectivity index (χ0) is 25.5. The van der Waals surface area contributed by atoms with Gasteiger partial charge in [-0.15, -0.1) is 18.3 Å². The summed E-state index contributed by atoms with van der Waals surface area (Å²) < 4.78 is 4.61. The van der Waals surface area contributed by atoms with Crippen LogP contribution < -0.4 is 4.90 Å². The Morgan fingerprint density at radius 1 is 1.37 bits per heavy atom. The standard InChI is InChI=1S/C26H33ClN2O5S/c1-5-12-28(18-10-8-16(27)9-11-18)24(32)22-26-15(4)13-19(35-26)20(25(33)34-7-3)21(26)23(31)29(22)17(6-2)14-30/h5,8-11,15,17,19-22,30H,1,6-7,12-14H2,2-4H3/t15?,17-,19-,20+,21-,22?,26?/m0/s1. The normalized spacial score (nSPS) is 31.9. The van der Waals surface area contributed by atoms with Crippen molar-refractivity contribution in [2.75, 3.05) is 24.7 Å². The zero-order valence-electron chi connectivity index (χ0n) is 20.4. The van der Waals surface area contributed by atoms with Gasteiger partial charge >= 0.3 is 5.97 Å². The van der Waals surface area contributed by atoms with E-state index >= 15 is 0 Å². The molecule has 3 aliphatic heterocycles. The molecule has 7 nitrogen and oxygen atoms in total. The van der Waals surface area contributed by atoms with Gasteiger partial charge in [-0.2, -0.15) is 0 Å². The lowest BCUT2D eigenvalue weighted by Crippen LogP contribution is -2.59. The third-order valence-corrected chi connectivity index (χ3v) is 10.1. The molecular formula is C26H33ClN2O5S. The third kappa shape index (κ3) is 3.98. The fraction of sp³-hybridized carbons (Fsp3) is 0.577. The number of carbonyl (C=O) groups excluding carboxylic acids is 3. The summed E-state index contributed by atoms with van der Waals surface area (Å²) in [6.45, 7) is 9.77. The molecule has 3 fully saturated rings. The van der Waals surface area contributed by atoms with Crippen LogP contribution in [-0.4, -0.2) is 69.6 Å². The molecule has 1 aromatic carbocycles. The highest BCUT2D eigenvalue weighted by Gasteiger charge is 2.77. The molecule has 3 heterocycles. The van der Waals surface area contributed by atoms with Crippen molar-refractivity contribution in [2.45, 2.75) is 55.7 Å². The van der Waals surface area contributed by atoms with Crippen molar-refractivity contribution in [1.29, 1.82) is 0 Å². The van der Waals surface area contributed by atoms with E-state index in [4.69, 9.17) is 16.3 Å². The fourth-order valence-electron chi connectivity index (χ4n) is 6.27. The van der Waals surface area contributed by atoms with Crippen LogP contribution in [0.1, 0.15) is 33.6 Å². The van der Waals surface area contributed by atoms with Gasteiger partial charge in [0.05, 0.1) is 35.8 Å². The van der Waals surface area contributed by atoms with Gasteiger partial charge in [0.25, 0.3) is 5.91 Å². The van der Waals surface area contributed by atoms with E-state index in [2.05, 4.69) is 13.5 Å². The molecule has 3 saturated heterocycles. The Bertz CT molecular complexity index is 1000. The number of amides is 2. The number of hydrogen-bond donors (Lipinski definition) is 1. The van der Waals surface area contributed by atoms with E-state index in [0.717, 1.165) is 6.42 Å². The smallest absolute Gasteiger partial charge is 0.310 e. The molecule has 3 aliphatic rings. The Morgan fingerprint density at radius 3 is 2.63 bits per heavy atom. The molecule has 4 rings (SSSR count). The van der Waals surface area contributed by atoms with Crippen molar-refractivity contribution in [3.63, 3.8) is 0 Å². The molecular weight excluding hydrogens is 488 g/mol. The van der Waals surface area contributed by atoms with Crippen LogP contribution in [0.2, 0.25) is 5.02 Å². The first kappa shape index (κ1) is 26.0. The number of benzene rings is 1. The number of rotatable bonds is 9. The van der Waals surface area contributed by atoms with Gasteiger partial charge in [-0.25, -0.2) is 0 Å². The molecule has 35 heavy (non-hydrogen) atoms. The molecule has 190 valence electrons. The topological polar surface area (TPSA) is 87.2 Å².